The van der Waals surface area contributed by atoms with Gasteiger partial charge in [0.05, 0.1) is 6.10 Å². The van der Waals surface area contributed by atoms with Crippen molar-refractivity contribution in [3.05, 3.63) is 30.3 Å². The number of rotatable bonds is 3. The summed E-state index contributed by atoms with van der Waals surface area (Å²) < 4.78 is 5.68. The number of para-hydroxylation sites is 1. The Labute approximate surface area is 74.4 Å². The van der Waals surface area contributed by atoms with Gasteiger partial charge in [-0.3, -0.25) is 0 Å². The van der Waals surface area contributed by atoms with Crippen LogP contribution in [0.3, 0.4) is 0 Å². The average molecular weight is 164 g/mol. The van der Waals surface area contributed by atoms with E-state index < -0.39 is 0 Å². The first kappa shape index (κ1) is 9.11. The largest absolute Gasteiger partial charge is 0.490 e. The van der Waals surface area contributed by atoms with E-state index in [2.05, 4.69) is 20.8 Å². The summed E-state index contributed by atoms with van der Waals surface area (Å²) in [6.07, 6.45) is 0.285. The van der Waals surface area contributed by atoms with Crippen molar-refractivity contribution in [2.75, 3.05) is 0 Å². The molecule has 66 valence electrons. The summed E-state index contributed by atoms with van der Waals surface area (Å²) in [6, 6.07) is 9.94. The van der Waals surface area contributed by atoms with Gasteiger partial charge in [0, 0.05) is 0 Å². The quantitative estimate of drug-likeness (QED) is 0.667. The standard InChI is InChI=1S/C11H16O/c1-9(2)10(3)12-11-7-5-4-6-8-11/h4-10H,1-3H3/t10-/m1/s1. The molecule has 1 aromatic carbocycles. The van der Waals surface area contributed by atoms with Gasteiger partial charge in [0.15, 0.2) is 0 Å². The highest BCUT2D eigenvalue weighted by atomic mass is 16.5. The van der Waals surface area contributed by atoms with E-state index in [0.29, 0.717) is 5.92 Å². The third-order valence-electron chi connectivity index (χ3n) is 2.00. The van der Waals surface area contributed by atoms with Gasteiger partial charge >= 0.3 is 0 Å². The minimum absolute atomic E-state index is 0.285. The van der Waals surface area contributed by atoms with E-state index in [4.69, 9.17) is 4.74 Å². The molecular formula is C11H16O. The molecule has 1 atom stereocenters. The highest BCUT2D eigenvalue weighted by Gasteiger charge is 2.07. The van der Waals surface area contributed by atoms with E-state index in [9.17, 15) is 0 Å². The molecule has 0 aliphatic rings. The van der Waals surface area contributed by atoms with Crippen LogP contribution in [0.4, 0.5) is 0 Å². The van der Waals surface area contributed by atoms with Crippen LogP contribution in [0.5, 0.6) is 5.75 Å². The SMILES string of the molecule is CC(C)[C@@H](C)Oc1ccccc1. The van der Waals surface area contributed by atoms with Gasteiger partial charge in [-0.1, -0.05) is 32.0 Å². The van der Waals surface area contributed by atoms with Gasteiger partial charge in [-0.15, -0.1) is 0 Å². The molecule has 0 N–H and O–H groups in total. The first-order chi connectivity index (χ1) is 5.70. The summed E-state index contributed by atoms with van der Waals surface area (Å²) in [6.45, 7) is 6.42. The molecule has 1 aromatic rings. The molecule has 0 radical (unpaired) electrons. The van der Waals surface area contributed by atoms with Gasteiger partial charge < -0.3 is 4.74 Å². The van der Waals surface area contributed by atoms with Gasteiger partial charge in [0.2, 0.25) is 0 Å². The topological polar surface area (TPSA) is 9.23 Å². The lowest BCUT2D eigenvalue weighted by atomic mass is 10.1. The van der Waals surface area contributed by atoms with E-state index in [-0.39, 0.29) is 6.10 Å². The van der Waals surface area contributed by atoms with Crippen LogP contribution in [0.25, 0.3) is 0 Å². The summed E-state index contributed by atoms with van der Waals surface area (Å²) in [5.41, 5.74) is 0. The molecule has 0 amide bonds. The Morgan fingerprint density at radius 1 is 1.00 bits per heavy atom. The summed E-state index contributed by atoms with van der Waals surface area (Å²) in [5, 5.41) is 0. The predicted octanol–water partition coefficient (Wildman–Crippen LogP) is 3.11. The van der Waals surface area contributed by atoms with Gasteiger partial charge in [0.1, 0.15) is 5.75 Å². The van der Waals surface area contributed by atoms with Crippen molar-refractivity contribution < 1.29 is 4.74 Å². The van der Waals surface area contributed by atoms with Crippen molar-refractivity contribution in [3.8, 4) is 5.75 Å². The fraction of sp³-hybridized carbons (Fsp3) is 0.455. The van der Waals surface area contributed by atoms with Crippen LogP contribution in [0.2, 0.25) is 0 Å². The zero-order chi connectivity index (χ0) is 8.97. The third-order valence-corrected chi connectivity index (χ3v) is 2.00. The fourth-order valence-electron chi connectivity index (χ4n) is 0.850. The minimum Gasteiger partial charge on any atom is -0.490 e. The molecule has 0 spiro atoms. The summed E-state index contributed by atoms with van der Waals surface area (Å²) in [7, 11) is 0. The summed E-state index contributed by atoms with van der Waals surface area (Å²) >= 11 is 0. The molecule has 0 fully saturated rings. The Morgan fingerprint density at radius 3 is 2.08 bits per heavy atom. The molecule has 0 bridgehead atoms. The Kier molecular flexibility index (Phi) is 3.15. The Morgan fingerprint density at radius 2 is 1.58 bits per heavy atom. The van der Waals surface area contributed by atoms with Gasteiger partial charge in [-0.05, 0) is 25.0 Å². The van der Waals surface area contributed by atoms with E-state index in [0.717, 1.165) is 5.75 Å². The highest BCUT2D eigenvalue weighted by molar-refractivity contribution is 5.21. The molecule has 1 nitrogen and oxygen atoms in total. The van der Waals surface area contributed by atoms with Crippen LogP contribution in [-0.2, 0) is 0 Å². The van der Waals surface area contributed by atoms with Crippen molar-refractivity contribution in [3.63, 3.8) is 0 Å². The lowest BCUT2D eigenvalue weighted by molar-refractivity contribution is 0.170. The highest BCUT2D eigenvalue weighted by Crippen LogP contribution is 2.14. The van der Waals surface area contributed by atoms with Crippen LogP contribution in [0.15, 0.2) is 30.3 Å². The normalized spacial score (nSPS) is 13.0. The van der Waals surface area contributed by atoms with Crippen molar-refractivity contribution >= 4 is 0 Å². The van der Waals surface area contributed by atoms with Gasteiger partial charge in [0.25, 0.3) is 0 Å². The molecule has 12 heavy (non-hydrogen) atoms. The molecule has 0 saturated heterocycles. The van der Waals surface area contributed by atoms with Crippen molar-refractivity contribution in [2.24, 2.45) is 5.92 Å². The van der Waals surface area contributed by atoms with E-state index >= 15 is 0 Å². The first-order valence-corrected chi connectivity index (χ1v) is 4.42. The monoisotopic (exact) mass is 164 g/mol. The molecular weight excluding hydrogens is 148 g/mol. The van der Waals surface area contributed by atoms with Crippen LogP contribution in [-0.4, -0.2) is 6.10 Å². The Bertz CT molecular complexity index is 216. The molecule has 0 heterocycles. The van der Waals surface area contributed by atoms with Crippen molar-refractivity contribution in [1.82, 2.24) is 0 Å². The summed E-state index contributed by atoms with van der Waals surface area (Å²) in [5.74, 6) is 1.52. The molecule has 0 aromatic heterocycles. The number of hydrogen-bond acceptors (Lipinski definition) is 1. The predicted molar refractivity (Wildman–Crippen MR) is 51.4 cm³/mol. The zero-order valence-electron chi connectivity index (χ0n) is 7.95. The average Bonchev–Trinajstić information content (AvgIpc) is 2.06. The number of hydrogen-bond donors (Lipinski definition) is 0. The van der Waals surface area contributed by atoms with Gasteiger partial charge in [-0.2, -0.15) is 0 Å². The second kappa shape index (κ2) is 4.15. The van der Waals surface area contributed by atoms with Crippen molar-refractivity contribution in [1.29, 1.82) is 0 Å². The Balaban J connectivity index is 2.53. The van der Waals surface area contributed by atoms with Crippen molar-refractivity contribution in [2.45, 2.75) is 26.9 Å². The molecule has 1 heteroatoms. The maximum Gasteiger partial charge on any atom is 0.119 e. The second-order valence-corrected chi connectivity index (χ2v) is 3.38. The van der Waals surface area contributed by atoms with Crippen LogP contribution >= 0.6 is 0 Å². The fourth-order valence-corrected chi connectivity index (χ4v) is 0.850. The van der Waals surface area contributed by atoms with Gasteiger partial charge in [-0.25, -0.2) is 0 Å². The zero-order valence-corrected chi connectivity index (χ0v) is 7.95. The minimum atomic E-state index is 0.285. The first-order valence-electron chi connectivity index (χ1n) is 4.42. The van der Waals surface area contributed by atoms with E-state index in [1.807, 2.05) is 30.3 Å². The molecule has 1 rings (SSSR count). The smallest absolute Gasteiger partial charge is 0.119 e. The Hall–Kier alpha value is -0.980. The maximum absolute atomic E-state index is 5.68. The lowest BCUT2D eigenvalue weighted by Crippen LogP contribution is -2.18. The summed E-state index contributed by atoms with van der Waals surface area (Å²) in [4.78, 5) is 0. The van der Waals surface area contributed by atoms with Crippen LogP contribution in [0.1, 0.15) is 20.8 Å². The van der Waals surface area contributed by atoms with Crippen LogP contribution in [0, 0.1) is 5.92 Å². The molecule has 0 unspecified atom stereocenters. The number of benzene rings is 1. The lowest BCUT2D eigenvalue weighted by Gasteiger charge is -2.17. The van der Waals surface area contributed by atoms with E-state index in [1.165, 1.54) is 0 Å². The molecule has 0 saturated carbocycles. The molecule has 0 aliphatic carbocycles. The van der Waals surface area contributed by atoms with Crippen LogP contribution < -0.4 is 4.74 Å². The number of ether oxygens (including phenoxy) is 1. The second-order valence-electron chi connectivity index (χ2n) is 3.38. The molecule has 0 aliphatic heterocycles. The maximum atomic E-state index is 5.68. The van der Waals surface area contributed by atoms with E-state index in [1.54, 1.807) is 0 Å². The third kappa shape index (κ3) is 2.57.